The smallest absolute Gasteiger partial charge is 0.386 e. The standard InChI is InChI=1S/C14H11ClF3NO/c15-11-5-6-12(19-8-11)13(20)7-9-1-3-10(4-2-9)14(16,17)18/h1-6,8,13,20H,7H2. The molecule has 2 nitrogen and oxygen atoms in total. The van der Waals surface area contributed by atoms with Crippen molar-refractivity contribution in [1.29, 1.82) is 0 Å². The van der Waals surface area contributed by atoms with Gasteiger partial charge in [0.15, 0.2) is 0 Å². The maximum Gasteiger partial charge on any atom is 0.416 e. The molecule has 2 aromatic rings. The first kappa shape index (κ1) is 14.8. The molecule has 0 spiro atoms. The van der Waals surface area contributed by atoms with Gasteiger partial charge in [0.05, 0.1) is 22.4 Å². The average Bonchev–Trinajstić information content (AvgIpc) is 2.39. The quantitative estimate of drug-likeness (QED) is 0.928. The molecule has 0 amide bonds. The zero-order valence-electron chi connectivity index (χ0n) is 10.2. The lowest BCUT2D eigenvalue weighted by atomic mass is 10.0. The summed E-state index contributed by atoms with van der Waals surface area (Å²) in [5.74, 6) is 0. The van der Waals surface area contributed by atoms with Crippen molar-refractivity contribution in [1.82, 2.24) is 4.98 Å². The molecule has 106 valence electrons. The highest BCUT2D eigenvalue weighted by atomic mass is 35.5. The van der Waals surface area contributed by atoms with Gasteiger partial charge in [-0.3, -0.25) is 4.98 Å². The Balaban J connectivity index is 2.08. The molecule has 0 aliphatic rings. The van der Waals surface area contributed by atoms with E-state index in [9.17, 15) is 18.3 Å². The van der Waals surface area contributed by atoms with Crippen LogP contribution in [0.25, 0.3) is 0 Å². The Labute approximate surface area is 118 Å². The zero-order chi connectivity index (χ0) is 14.8. The predicted molar refractivity (Wildman–Crippen MR) is 69.4 cm³/mol. The predicted octanol–water partition coefficient (Wildman–Crippen LogP) is 4.03. The van der Waals surface area contributed by atoms with E-state index in [4.69, 9.17) is 11.6 Å². The Morgan fingerprint density at radius 3 is 2.25 bits per heavy atom. The molecule has 20 heavy (non-hydrogen) atoms. The van der Waals surface area contributed by atoms with Crippen molar-refractivity contribution in [2.75, 3.05) is 0 Å². The van der Waals surface area contributed by atoms with Crippen molar-refractivity contribution in [2.24, 2.45) is 0 Å². The van der Waals surface area contributed by atoms with Crippen molar-refractivity contribution in [2.45, 2.75) is 18.7 Å². The van der Waals surface area contributed by atoms with Crippen LogP contribution in [0.2, 0.25) is 5.02 Å². The number of hydrogen-bond acceptors (Lipinski definition) is 2. The van der Waals surface area contributed by atoms with Crippen LogP contribution in [0.4, 0.5) is 13.2 Å². The molecule has 1 N–H and O–H groups in total. The summed E-state index contributed by atoms with van der Waals surface area (Å²) in [4.78, 5) is 3.97. The first-order chi connectivity index (χ1) is 9.36. The van der Waals surface area contributed by atoms with Crippen molar-refractivity contribution < 1.29 is 18.3 Å². The zero-order valence-corrected chi connectivity index (χ0v) is 11.0. The number of hydrogen-bond donors (Lipinski definition) is 1. The Morgan fingerprint density at radius 1 is 1.10 bits per heavy atom. The molecule has 0 aliphatic carbocycles. The van der Waals surface area contributed by atoms with E-state index >= 15 is 0 Å². The molecule has 0 saturated carbocycles. The topological polar surface area (TPSA) is 33.1 Å². The second kappa shape index (κ2) is 5.81. The molecule has 0 radical (unpaired) electrons. The molecule has 1 heterocycles. The van der Waals surface area contributed by atoms with Gasteiger partial charge in [-0.05, 0) is 29.8 Å². The van der Waals surface area contributed by atoms with Gasteiger partial charge in [0.1, 0.15) is 0 Å². The maximum absolute atomic E-state index is 12.4. The molecule has 0 bridgehead atoms. The molecular formula is C14H11ClF3NO. The number of aliphatic hydroxyl groups excluding tert-OH is 1. The van der Waals surface area contributed by atoms with Gasteiger partial charge in [-0.25, -0.2) is 0 Å². The summed E-state index contributed by atoms with van der Waals surface area (Å²) in [6.07, 6.45) is -3.64. The minimum Gasteiger partial charge on any atom is -0.386 e. The Bertz CT molecular complexity index is 566. The van der Waals surface area contributed by atoms with Crippen LogP contribution in [0.1, 0.15) is 22.9 Å². The molecule has 1 atom stereocenters. The third kappa shape index (κ3) is 3.71. The molecule has 0 aliphatic heterocycles. The summed E-state index contributed by atoms with van der Waals surface area (Å²) in [7, 11) is 0. The summed E-state index contributed by atoms with van der Waals surface area (Å²) in [6.45, 7) is 0. The molecule has 0 fully saturated rings. The highest BCUT2D eigenvalue weighted by Crippen LogP contribution is 2.29. The van der Waals surface area contributed by atoms with Crippen LogP contribution in [-0.2, 0) is 12.6 Å². The minimum atomic E-state index is -4.35. The lowest BCUT2D eigenvalue weighted by molar-refractivity contribution is -0.137. The second-order valence-electron chi connectivity index (χ2n) is 4.32. The number of nitrogens with zero attached hydrogens (tertiary/aromatic N) is 1. The molecule has 2 rings (SSSR count). The number of rotatable bonds is 3. The fourth-order valence-corrected chi connectivity index (χ4v) is 1.85. The SMILES string of the molecule is OC(Cc1ccc(C(F)(F)F)cc1)c1ccc(Cl)cn1. The van der Waals surface area contributed by atoms with Gasteiger partial charge in [0.25, 0.3) is 0 Å². The summed E-state index contributed by atoms with van der Waals surface area (Å²) in [5.41, 5.74) is 0.317. The van der Waals surface area contributed by atoms with Crippen LogP contribution in [0, 0.1) is 0 Å². The van der Waals surface area contributed by atoms with Crippen molar-refractivity contribution in [3.63, 3.8) is 0 Å². The number of benzene rings is 1. The number of pyridine rings is 1. The Morgan fingerprint density at radius 2 is 1.75 bits per heavy atom. The third-order valence-corrected chi connectivity index (χ3v) is 3.03. The summed E-state index contributed by atoms with van der Waals surface area (Å²) >= 11 is 5.69. The average molecular weight is 302 g/mol. The van der Waals surface area contributed by atoms with Crippen LogP contribution >= 0.6 is 11.6 Å². The van der Waals surface area contributed by atoms with E-state index in [0.29, 0.717) is 16.3 Å². The van der Waals surface area contributed by atoms with Crippen molar-refractivity contribution >= 4 is 11.6 Å². The number of alkyl halides is 3. The number of halogens is 4. The van der Waals surface area contributed by atoms with Gasteiger partial charge >= 0.3 is 6.18 Å². The molecule has 1 aromatic heterocycles. The lowest BCUT2D eigenvalue weighted by Gasteiger charge is -2.11. The highest BCUT2D eigenvalue weighted by Gasteiger charge is 2.29. The molecular weight excluding hydrogens is 291 g/mol. The largest absolute Gasteiger partial charge is 0.416 e. The lowest BCUT2D eigenvalue weighted by Crippen LogP contribution is -2.06. The van der Waals surface area contributed by atoms with Gasteiger partial charge < -0.3 is 5.11 Å². The van der Waals surface area contributed by atoms with Gasteiger partial charge in [-0.2, -0.15) is 13.2 Å². The molecule has 1 aromatic carbocycles. The van der Waals surface area contributed by atoms with Gasteiger partial charge in [0.2, 0.25) is 0 Å². The number of aromatic nitrogens is 1. The summed E-state index contributed by atoms with van der Waals surface area (Å²) in [6, 6.07) is 7.87. The molecule has 1 unspecified atom stereocenters. The summed E-state index contributed by atoms with van der Waals surface area (Å²) < 4.78 is 37.2. The van der Waals surface area contributed by atoms with Crippen LogP contribution in [0.3, 0.4) is 0 Å². The Hall–Kier alpha value is -1.59. The van der Waals surface area contributed by atoms with E-state index in [1.807, 2.05) is 0 Å². The fraction of sp³-hybridized carbons (Fsp3) is 0.214. The maximum atomic E-state index is 12.4. The van der Waals surface area contributed by atoms with E-state index in [-0.39, 0.29) is 6.42 Å². The van der Waals surface area contributed by atoms with E-state index < -0.39 is 17.8 Å². The third-order valence-electron chi connectivity index (χ3n) is 2.80. The molecule has 6 heteroatoms. The van der Waals surface area contributed by atoms with Crippen LogP contribution < -0.4 is 0 Å². The van der Waals surface area contributed by atoms with E-state index in [1.165, 1.54) is 18.3 Å². The van der Waals surface area contributed by atoms with E-state index in [1.54, 1.807) is 12.1 Å². The normalized spacial score (nSPS) is 13.2. The molecule has 0 saturated heterocycles. The van der Waals surface area contributed by atoms with Gasteiger partial charge in [0, 0.05) is 12.6 Å². The fourth-order valence-electron chi connectivity index (χ4n) is 1.74. The van der Waals surface area contributed by atoms with Crippen LogP contribution in [0.5, 0.6) is 0 Å². The van der Waals surface area contributed by atoms with Crippen molar-refractivity contribution in [3.8, 4) is 0 Å². The minimum absolute atomic E-state index is 0.187. The van der Waals surface area contributed by atoms with Gasteiger partial charge in [-0.1, -0.05) is 23.7 Å². The monoisotopic (exact) mass is 301 g/mol. The van der Waals surface area contributed by atoms with Gasteiger partial charge in [-0.15, -0.1) is 0 Å². The second-order valence-corrected chi connectivity index (χ2v) is 4.75. The van der Waals surface area contributed by atoms with Crippen molar-refractivity contribution in [3.05, 3.63) is 64.4 Å². The van der Waals surface area contributed by atoms with E-state index in [0.717, 1.165) is 12.1 Å². The number of aliphatic hydroxyl groups is 1. The first-order valence-electron chi connectivity index (χ1n) is 5.82. The van der Waals surface area contributed by atoms with Crippen LogP contribution in [-0.4, -0.2) is 10.1 Å². The summed E-state index contributed by atoms with van der Waals surface area (Å²) in [5, 5.41) is 10.4. The van der Waals surface area contributed by atoms with E-state index in [2.05, 4.69) is 4.98 Å². The first-order valence-corrected chi connectivity index (χ1v) is 6.20. The van der Waals surface area contributed by atoms with Crippen LogP contribution in [0.15, 0.2) is 42.6 Å². The Kier molecular flexibility index (Phi) is 4.30. The highest BCUT2D eigenvalue weighted by molar-refractivity contribution is 6.30.